The van der Waals surface area contributed by atoms with Crippen molar-refractivity contribution in [3.05, 3.63) is 59.3 Å². The van der Waals surface area contributed by atoms with E-state index in [0.717, 1.165) is 24.8 Å². The minimum atomic E-state index is 0.229. The van der Waals surface area contributed by atoms with E-state index in [9.17, 15) is 0 Å². The summed E-state index contributed by atoms with van der Waals surface area (Å²) in [7, 11) is 0. The zero-order valence-electron chi connectivity index (χ0n) is 17.6. The molecule has 3 rings (SSSR count). The monoisotopic (exact) mass is 375 g/mol. The largest absolute Gasteiger partial charge is 0.356 e. The first-order valence-electron chi connectivity index (χ1n) is 10.7. The second-order valence-corrected chi connectivity index (χ2v) is 9.16. The van der Waals surface area contributed by atoms with Crippen LogP contribution < -0.4 is 4.90 Å². The highest BCUT2D eigenvalue weighted by molar-refractivity contribution is 5.45. The Kier molecular flexibility index (Phi) is 6.73. The summed E-state index contributed by atoms with van der Waals surface area (Å²) < 4.78 is 0. The third-order valence-electron chi connectivity index (χ3n) is 5.87. The molecular formula is C25H33N3. The van der Waals surface area contributed by atoms with Crippen molar-refractivity contribution in [3.8, 4) is 6.07 Å². The van der Waals surface area contributed by atoms with E-state index in [1.807, 2.05) is 6.07 Å². The molecule has 3 heteroatoms. The molecule has 1 aromatic heterocycles. The zero-order valence-corrected chi connectivity index (χ0v) is 17.6. The van der Waals surface area contributed by atoms with Gasteiger partial charge in [0.05, 0.1) is 11.6 Å². The molecule has 0 radical (unpaired) electrons. The number of nitrogens with zero attached hydrogens (tertiary/aromatic N) is 3. The Morgan fingerprint density at radius 3 is 2.64 bits per heavy atom. The van der Waals surface area contributed by atoms with Crippen molar-refractivity contribution in [1.29, 1.82) is 5.26 Å². The molecule has 1 aliphatic rings. The molecule has 1 unspecified atom stereocenters. The van der Waals surface area contributed by atoms with E-state index in [4.69, 9.17) is 5.26 Å². The molecule has 28 heavy (non-hydrogen) atoms. The van der Waals surface area contributed by atoms with Crippen LogP contribution in [0.5, 0.6) is 0 Å². The molecule has 0 amide bonds. The summed E-state index contributed by atoms with van der Waals surface area (Å²) in [6, 6.07) is 15.1. The molecule has 2 heterocycles. The predicted molar refractivity (Wildman–Crippen MR) is 117 cm³/mol. The number of hydrogen-bond donors (Lipinski definition) is 0. The highest BCUT2D eigenvalue weighted by Crippen LogP contribution is 2.26. The van der Waals surface area contributed by atoms with Gasteiger partial charge in [0.15, 0.2) is 0 Å². The van der Waals surface area contributed by atoms with Crippen molar-refractivity contribution in [1.82, 2.24) is 4.98 Å². The second-order valence-electron chi connectivity index (χ2n) is 9.16. The van der Waals surface area contributed by atoms with Crippen LogP contribution in [0.3, 0.4) is 0 Å². The fourth-order valence-electron chi connectivity index (χ4n) is 4.10. The van der Waals surface area contributed by atoms with Gasteiger partial charge in [-0.25, -0.2) is 4.98 Å². The summed E-state index contributed by atoms with van der Waals surface area (Å²) in [5.74, 6) is 1.70. The third-order valence-corrected chi connectivity index (χ3v) is 5.87. The minimum absolute atomic E-state index is 0.229. The fourth-order valence-corrected chi connectivity index (χ4v) is 4.10. The molecular weight excluding hydrogens is 342 g/mol. The van der Waals surface area contributed by atoms with Crippen LogP contribution in [0.2, 0.25) is 0 Å². The van der Waals surface area contributed by atoms with Crippen LogP contribution in [0.1, 0.15) is 69.6 Å². The molecule has 0 aliphatic carbocycles. The maximum atomic E-state index is 9.11. The maximum absolute atomic E-state index is 9.11. The van der Waals surface area contributed by atoms with Crippen LogP contribution in [0.4, 0.5) is 5.82 Å². The minimum Gasteiger partial charge on any atom is -0.356 e. The van der Waals surface area contributed by atoms with Gasteiger partial charge in [-0.2, -0.15) is 5.26 Å². The first-order chi connectivity index (χ1) is 13.5. The van der Waals surface area contributed by atoms with Crippen molar-refractivity contribution < 1.29 is 0 Å². The highest BCUT2D eigenvalue weighted by Gasteiger charge is 2.20. The summed E-state index contributed by atoms with van der Waals surface area (Å²) in [5.41, 5.74) is 3.79. The van der Waals surface area contributed by atoms with Crippen molar-refractivity contribution in [2.24, 2.45) is 5.92 Å². The number of aromatic nitrogens is 1. The number of piperidine rings is 1. The van der Waals surface area contributed by atoms with Gasteiger partial charge >= 0.3 is 0 Å². The molecule has 1 aliphatic heterocycles. The van der Waals surface area contributed by atoms with E-state index in [1.165, 1.54) is 49.7 Å². The van der Waals surface area contributed by atoms with Crippen LogP contribution in [-0.4, -0.2) is 18.1 Å². The predicted octanol–water partition coefficient (Wildman–Crippen LogP) is 5.88. The zero-order chi connectivity index (χ0) is 20.0. The van der Waals surface area contributed by atoms with Crippen molar-refractivity contribution >= 4 is 5.82 Å². The normalized spacial score (nSPS) is 17.4. The molecule has 0 saturated carbocycles. The summed E-state index contributed by atoms with van der Waals surface area (Å²) >= 11 is 0. The Labute approximate surface area is 170 Å². The topological polar surface area (TPSA) is 39.9 Å². The van der Waals surface area contributed by atoms with Gasteiger partial charge in [-0.3, -0.25) is 0 Å². The number of hydrogen-bond acceptors (Lipinski definition) is 3. The lowest BCUT2D eigenvalue weighted by molar-refractivity contribution is 0.377. The molecule has 1 fully saturated rings. The van der Waals surface area contributed by atoms with Gasteiger partial charge in [0, 0.05) is 19.3 Å². The third kappa shape index (κ3) is 5.58. The molecule has 3 nitrogen and oxygen atoms in total. The average Bonchev–Trinajstić information content (AvgIpc) is 2.71. The van der Waals surface area contributed by atoms with E-state index in [1.54, 1.807) is 12.3 Å². The molecule has 0 bridgehead atoms. The molecule has 1 saturated heterocycles. The first-order valence-corrected chi connectivity index (χ1v) is 10.7. The molecule has 2 aromatic rings. The van der Waals surface area contributed by atoms with Crippen molar-refractivity contribution in [2.45, 2.75) is 64.7 Å². The van der Waals surface area contributed by atoms with E-state index in [2.05, 4.69) is 61.0 Å². The van der Waals surface area contributed by atoms with Gasteiger partial charge in [-0.05, 0) is 66.7 Å². The first kappa shape index (κ1) is 20.4. The standard InChI is InChI=1S/C25H33N3/c1-25(2,3)23-12-10-20(11-13-23)7-4-5-8-21-9-6-16-28(19-21)24-17-22(18-26)14-15-27-24/h10-15,17,21H,4-9,16,19H2,1-3H3. The van der Waals surface area contributed by atoms with Crippen LogP contribution in [0, 0.1) is 17.2 Å². The molecule has 1 aromatic carbocycles. The lowest BCUT2D eigenvalue weighted by Gasteiger charge is -2.33. The highest BCUT2D eigenvalue weighted by atomic mass is 15.2. The lowest BCUT2D eigenvalue weighted by atomic mass is 9.86. The van der Waals surface area contributed by atoms with Gasteiger partial charge in [0.1, 0.15) is 5.82 Å². The summed E-state index contributed by atoms with van der Waals surface area (Å²) in [6.45, 7) is 8.92. The number of pyridine rings is 1. The van der Waals surface area contributed by atoms with Crippen molar-refractivity contribution in [3.63, 3.8) is 0 Å². The number of unbranched alkanes of at least 4 members (excludes halogenated alkanes) is 1. The smallest absolute Gasteiger partial charge is 0.129 e. The molecule has 1 atom stereocenters. The van der Waals surface area contributed by atoms with Crippen LogP contribution in [0.15, 0.2) is 42.6 Å². The average molecular weight is 376 g/mol. The lowest BCUT2D eigenvalue weighted by Crippen LogP contribution is -2.36. The van der Waals surface area contributed by atoms with Gasteiger partial charge in [0.2, 0.25) is 0 Å². The quantitative estimate of drug-likeness (QED) is 0.592. The summed E-state index contributed by atoms with van der Waals surface area (Å²) in [5, 5.41) is 9.11. The number of rotatable bonds is 6. The van der Waals surface area contributed by atoms with E-state index in [0.29, 0.717) is 5.56 Å². The Balaban J connectivity index is 1.44. The van der Waals surface area contributed by atoms with Gasteiger partial charge in [-0.15, -0.1) is 0 Å². The Morgan fingerprint density at radius 1 is 1.14 bits per heavy atom. The van der Waals surface area contributed by atoms with Crippen molar-refractivity contribution in [2.75, 3.05) is 18.0 Å². The molecule has 0 N–H and O–H groups in total. The maximum Gasteiger partial charge on any atom is 0.129 e. The second kappa shape index (κ2) is 9.24. The fraction of sp³-hybridized carbons (Fsp3) is 0.520. The summed E-state index contributed by atoms with van der Waals surface area (Å²) in [6.07, 6.45) is 9.29. The Morgan fingerprint density at radius 2 is 1.93 bits per heavy atom. The van der Waals surface area contributed by atoms with Crippen LogP contribution in [0.25, 0.3) is 0 Å². The Bertz CT molecular complexity index is 796. The van der Waals surface area contributed by atoms with E-state index >= 15 is 0 Å². The summed E-state index contributed by atoms with van der Waals surface area (Å²) in [4.78, 5) is 6.84. The number of nitriles is 1. The van der Waals surface area contributed by atoms with Gasteiger partial charge < -0.3 is 4.90 Å². The molecule has 0 spiro atoms. The van der Waals surface area contributed by atoms with Crippen LogP contribution in [-0.2, 0) is 11.8 Å². The van der Waals surface area contributed by atoms with E-state index in [-0.39, 0.29) is 5.41 Å². The SMILES string of the molecule is CC(C)(C)c1ccc(CCCCC2CCCN(c3cc(C#N)ccn3)C2)cc1. The van der Waals surface area contributed by atoms with Gasteiger partial charge in [0.25, 0.3) is 0 Å². The molecule has 148 valence electrons. The van der Waals surface area contributed by atoms with Gasteiger partial charge in [-0.1, -0.05) is 51.5 Å². The Hall–Kier alpha value is -2.34. The van der Waals surface area contributed by atoms with E-state index < -0.39 is 0 Å². The number of anilines is 1. The van der Waals surface area contributed by atoms with Crippen LogP contribution >= 0.6 is 0 Å². The number of aryl methyl sites for hydroxylation is 1. The number of benzene rings is 1.